The zero-order valence-corrected chi connectivity index (χ0v) is 10.5. The van der Waals surface area contributed by atoms with Crippen molar-refractivity contribution in [3.63, 3.8) is 0 Å². The summed E-state index contributed by atoms with van der Waals surface area (Å²) in [6.07, 6.45) is 12.5. The van der Waals surface area contributed by atoms with Crippen molar-refractivity contribution >= 4 is 16.8 Å². The van der Waals surface area contributed by atoms with Crippen LogP contribution < -0.4 is 5.48 Å². The molecule has 19 heavy (non-hydrogen) atoms. The summed E-state index contributed by atoms with van der Waals surface area (Å²) >= 11 is 0. The molecule has 0 spiro atoms. The fourth-order valence-electron chi connectivity index (χ4n) is 2.33. The van der Waals surface area contributed by atoms with Gasteiger partial charge in [-0.1, -0.05) is 48.6 Å². The van der Waals surface area contributed by atoms with Crippen LogP contribution in [0.4, 0.5) is 0 Å². The molecule has 0 saturated heterocycles. The second-order valence-electron chi connectivity index (χ2n) is 4.39. The molecule has 1 aliphatic heterocycles. The smallest absolute Gasteiger partial charge is 0.119 e. The van der Waals surface area contributed by atoms with Gasteiger partial charge >= 0.3 is 0 Å². The summed E-state index contributed by atoms with van der Waals surface area (Å²) in [6, 6.07) is 13.0. The van der Waals surface area contributed by atoms with Crippen LogP contribution in [0.1, 0.15) is 11.1 Å². The molecule has 94 valence electrons. The van der Waals surface area contributed by atoms with Crippen molar-refractivity contribution in [1.82, 2.24) is 5.48 Å². The molecule has 0 amide bonds. The lowest BCUT2D eigenvalue weighted by atomic mass is 9.93. The maximum absolute atomic E-state index is 4.55. The van der Waals surface area contributed by atoms with Crippen molar-refractivity contribution in [2.24, 2.45) is 0 Å². The van der Waals surface area contributed by atoms with E-state index in [1.54, 1.807) is 18.5 Å². The second-order valence-corrected chi connectivity index (χ2v) is 4.39. The van der Waals surface area contributed by atoms with Crippen LogP contribution in [0.25, 0.3) is 16.8 Å². The van der Waals surface area contributed by atoms with Crippen LogP contribution in [-0.2, 0) is 11.3 Å². The van der Waals surface area contributed by atoms with Gasteiger partial charge in [-0.15, -0.1) is 0 Å². The summed E-state index contributed by atoms with van der Waals surface area (Å²) in [5.74, 6) is 0. The topological polar surface area (TPSA) is 21.3 Å². The van der Waals surface area contributed by atoms with E-state index >= 15 is 0 Å². The Morgan fingerprint density at radius 3 is 2.58 bits per heavy atom. The van der Waals surface area contributed by atoms with Crippen molar-refractivity contribution in [3.05, 3.63) is 78.2 Å². The molecule has 0 radical (unpaired) electrons. The third-order valence-corrected chi connectivity index (χ3v) is 3.15. The van der Waals surface area contributed by atoms with E-state index < -0.39 is 0 Å². The summed E-state index contributed by atoms with van der Waals surface area (Å²) in [6.45, 7) is 0. The number of hydrogen-bond acceptors (Lipinski definition) is 2. The SMILES string of the molecule is C1=CNOC=C1.C1=Cc2cccc3cccc(c23)C1. The molecule has 2 heteroatoms. The Kier molecular flexibility index (Phi) is 3.32. The van der Waals surface area contributed by atoms with Crippen molar-refractivity contribution in [2.45, 2.75) is 6.42 Å². The normalized spacial score (nSPS) is 14.3. The van der Waals surface area contributed by atoms with Gasteiger partial charge < -0.3 is 4.84 Å². The molecular weight excluding hydrogens is 234 g/mol. The minimum absolute atomic E-state index is 1.08. The first-order chi connectivity index (χ1) is 9.45. The van der Waals surface area contributed by atoms with Crippen LogP contribution in [-0.4, -0.2) is 0 Å². The molecule has 1 N–H and O–H groups in total. The first-order valence-electron chi connectivity index (χ1n) is 6.35. The zero-order chi connectivity index (χ0) is 12.9. The average Bonchev–Trinajstić information content (AvgIpc) is 2.51. The lowest BCUT2D eigenvalue weighted by molar-refractivity contribution is 0.172. The van der Waals surface area contributed by atoms with Crippen molar-refractivity contribution in [2.75, 3.05) is 0 Å². The van der Waals surface area contributed by atoms with Crippen LogP contribution in [0, 0.1) is 0 Å². The Labute approximate surface area is 112 Å². The summed E-state index contributed by atoms with van der Waals surface area (Å²) in [4.78, 5) is 4.55. The average molecular weight is 249 g/mol. The monoisotopic (exact) mass is 249 g/mol. The van der Waals surface area contributed by atoms with E-state index in [4.69, 9.17) is 0 Å². The third kappa shape index (κ3) is 2.52. The number of rotatable bonds is 0. The first kappa shape index (κ1) is 11.6. The van der Waals surface area contributed by atoms with Gasteiger partial charge in [-0.2, -0.15) is 0 Å². The highest BCUT2D eigenvalue weighted by molar-refractivity contribution is 5.94. The number of hydroxylamine groups is 1. The Bertz CT molecular complexity index is 651. The Morgan fingerprint density at radius 1 is 1.00 bits per heavy atom. The molecule has 1 heterocycles. The van der Waals surface area contributed by atoms with Crippen molar-refractivity contribution < 1.29 is 4.84 Å². The van der Waals surface area contributed by atoms with Gasteiger partial charge in [-0.05, 0) is 40.5 Å². The van der Waals surface area contributed by atoms with Crippen LogP contribution in [0.15, 0.2) is 67.1 Å². The van der Waals surface area contributed by atoms with Gasteiger partial charge in [0.2, 0.25) is 0 Å². The highest BCUT2D eigenvalue weighted by Crippen LogP contribution is 2.27. The number of hydrogen-bond donors (Lipinski definition) is 1. The largest absolute Gasteiger partial charge is 0.391 e. The van der Waals surface area contributed by atoms with E-state index in [2.05, 4.69) is 58.9 Å². The Hall–Kier alpha value is -2.48. The second kappa shape index (κ2) is 5.44. The van der Waals surface area contributed by atoms with E-state index in [-0.39, 0.29) is 0 Å². The van der Waals surface area contributed by atoms with Gasteiger partial charge in [-0.25, -0.2) is 5.48 Å². The van der Waals surface area contributed by atoms with Gasteiger partial charge in [0.25, 0.3) is 0 Å². The lowest BCUT2D eigenvalue weighted by Crippen LogP contribution is -2.01. The summed E-state index contributed by atoms with van der Waals surface area (Å²) in [5, 5.41) is 2.80. The fraction of sp³-hybridized carbons (Fsp3) is 0.0588. The molecule has 2 aromatic carbocycles. The predicted molar refractivity (Wildman–Crippen MR) is 79.2 cm³/mol. The molecule has 0 atom stereocenters. The van der Waals surface area contributed by atoms with E-state index in [0.717, 1.165) is 6.42 Å². The zero-order valence-electron chi connectivity index (χ0n) is 10.5. The van der Waals surface area contributed by atoms with E-state index in [1.165, 1.54) is 21.9 Å². The van der Waals surface area contributed by atoms with E-state index in [9.17, 15) is 0 Å². The minimum Gasteiger partial charge on any atom is -0.391 e. The quantitative estimate of drug-likeness (QED) is 0.763. The molecule has 0 bridgehead atoms. The molecule has 0 fully saturated rings. The maximum Gasteiger partial charge on any atom is 0.119 e. The fourth-order valence-corrected chi connectivity index (χ4v) is 2.33. The van der Waals surface area contributed by atoms with Crippen molar-refractivity contribution in [3.8, 4) is 0 Å². The maximum atomic E-state index is 4.55. The molecule has 0 unspecified atom stereocenters. The number of nitrogens with one attached hydrogen (secondary N) is 1. The Morgan fingerprint density at radius 2 is 1.89 bits per heavy atom. The number of allylic oxidation sites excluding steroid dienone is 3. The molecule has 1 aliphatic carbocycles. The predicted octanol–water partition coefficient (Wildman–Crippen LogP) is 3.96. The molecule has 2 aliphatic rings. The summed E-state index contributed by atoms with van der Waals surface area (Å²) < 4.78 is 0. The van der Waals surface area contributed by atoms with Gasteiger partial charge in [0, 0.05) is 6.20 Å². The van der Waals surface area contributed by atoms with Crippen molar-refractivity contribution in [1.29, 1.82) is 0 Å². The summed E-state index contributed by atoms with van der Waals surface area (Å²) in [5.41, 5.74) is 5.33. The van der Waals surface area contributed by atoms with Crippen LogP contribution in [0.5, 0.6) is 0 Å². The molecule has 0 saturated carbocycles. The van der Waals surface area contributed by atoms with Gasteiger partial charge in [0.1, 0.15) is 6.26 Å². The van der Waals surface area contributed by atoms with E-state index in [1.807, 2.05) is 6.08 Å². The summed E-state index contributed by atoms with van der Waals surface area (Å²) in [7, 11) is 0. The van der Waals surface area contributed by atoms with E-state index in [0.29, 0.717) is 0 Å². The van der Waals surface area contributed by atoms with Gasteiger partial charge in [0.05, 0.1) is 0 Å². The van der Waals surface area contributed by atoms with Gasteiger partial charge in [0.15, 0.2) is 0 Å². The highest BCUT2D eigenvalue weighted by atomic mass is 16.6. The third-order valence-electron chi connectivity index (χ3n) is 3.15. The standard InChI is InChI=1S/C13H10.C4H5NO/c1-4-10-6-2-8-12-9-3-7-11(5-1)13(10)12;1-2-4-6-5-3-1/h1-8H,9H2;1-5H. The number of benzene rings is 2. The van der Waals surface area contributed by atoms with Crippen LogP contribution >= 0.6 is 0 Å². The molecular formula is C17H15NO. The molecule has 4 rings (SSSR count). The lowest BCUT2D eigenvalue weighted by Gasteiger charge is -2.11. The molecule has 0 aromatic heterocycles. The molecule has 2 nitrogen and oxygen atoms in total. The van der Waals surface area contributed by atoms with Crippen LogP contribution in [0.3, 0.4) is 0 Å². The Balaban J connectivity index is 0.000000155. The highest BCUT2D eigenvalue weighted by Gasteiger charge is 2.06. The van der Waals surface area contributed by atoms with Crippen LogP contribution in [0.2, 0.25) is 0 Å². The first-order valence-corrected chi connectivity index (χ1v) is 6.35. The van der Waals surface area contributed by atoms with Gasteiger partial charge in [-0.3, -0.25) is 0 Å². The minimum atomic E-state index is 1.08. The molecule has 2 aromatic rings.